The number of oxime groups is 1. The molecule has 0 atom stereocenters. The van der Waals surface area contributed by atoms with Gasteiger partial charge in [-0.15, -0.1) is 0 Å². The predicted molar refractivity (Wildman–Crippen MR) is 83.8 cm³/mol. The van der Waals surface area contributed by atoms with Gasteiger partial charge in [0.1, 0.15) is 11.4 Å². The number of likely N-dealkylation sites (tertiary alicyclic amines) is 1. The van der Waals surface area contributed by atoms with Gasteiger partial charge in [0.05, 0.1) is 5.71 Å². The number of rotatable bonds is 3. The van der Waals surface area contributed by atoms with E-state index in [9.17, 15) is 0 Å². The van der Waals surface area contributed by atoms with Crippen LogP contribution in [-0.4, -0.2) is 41.7 Å². The zero-order chi connectivity index (χ0) is 14.9. The molecule has 0 amide bonds. The lowest BCUT2D eigenvalue weighted by atomic mass is 9.85. The molecule has 2 aliphatic rings. The van der Waals surface area contributed by atoms with E-state index in [0.29, 0.717) is 0 Å². The van der Waals surface area contributed by atoms with Crippen molar-refractivity contribution in [3.8, 4) is 0 Å². The van der Waals surface area contributed by atoms with Gasteiger partial charge in [-0.3, -0.25) is 5.41 Å². The molecule has 1 spiro atoms. The van der Waals surface area contributed by atoms with Gasteiger partial charge in [0.25, 0.3) is 0 Å². The number of nitrogens with one attached hydrogen (secondary N) is 1. The maximum absolute atomic E-state index is 7.43. The average molecular weight is 286 g/mol. The zero-order valence-electron chi connectivity index (χ0n) is 12.4. The van der Waals surface area contributed by atoms with Crippen LogP contribution in [0.1, 0.15) is 37.3 Å². The average Bonchev–Trinajstić information content (AvgIpc) is 2.92. The van der Waals surface area contributed by atoms with Crippen LogP contribution >= 0.6 is 0 Å². The fourth-order valence-electron chi connectivity index (χ4n) is 3.06. The first kappa shape index (κ1) is 14.1. The molecule has 2 heterocycles. The van der Waals surface area contributed by atoms with Crippen molar-refractivity contribution in [2.45, 2.75) is 31.8 Å². The Kier molecular flexibility index (Phi) is 3.68. The van der Waals surface area contributed by atoms with Gasteiger partial charge in [-0.1, -0.05) is 36.3 Å². The molecular formula is C16H22N4O. The van der Waals surface area contributed by atoms with Crippen LogP contribution in [-0.2, 0) is 4.84 Å². The van der Waals surface area contributed by atoms with Gasteiger partial charge < -0.3 is 15.5 Å². The van der Waals surface area contributed by atoms with Gasteiger partial charge in [-0.2, -0.15) is 0 Å². The minimum atomic E-state index is -0.0970. The predicted octanol–water partition coefficient (Wildman–Crippen LogP) is 1.95. The third kappa shape index (κ3) is 2.78. The van der Waals surface area contributed by atoms with Gasteiger partial charge in [0.15, 0.2) is 0 Å². The minimum absolute atomic E-state index is 0.0922. The van der Waals surface area contributed by atoms with Crippen LogP contribution in [0.15, 0.2) is 29.4 Å². The summed E-state index contributed by atoms with van der Waals surface area (Å²) in [4.78, 5) is 8.27. The molecule has 5 heteroatoms. The van der Waals surface area contributed by atoms with Gasteiger partial charge in [-0.05, 0) is 12.1 Å². The fourth-order valence-corrected chi connectivity index (χ4v) is 3.06. The van der Waals surface area contributed by atoms with Gasteiger partial charge in [-0.25, -0.2) is 0 Å². The number of benzene rings is 1. The SMILES string of the molecule is CCN1CCC2(CC1)CC(c1ccc(C(=N)N)cc1)=NO2. The highest BCUT2D eigenvalue weighted by Crippen LogP contribution is 2.36. The normalized spacial score (nSPS) is 21.1. The van der Waals surface area contributed by atoms with Gasteiger partial charge in [0.2, 0.25) is 0 Å². The Balaban J connectivity index is 1.68. The molecule has 1 fully saturated rings. The molecule has 0 radical (unpaired) electrons. The molecule has 2 aliphatic heterocycles. The molecule has 0 unspecified atom stereocenters. The molecule has 1 saturated heterocycles. The van der Waals surface area contributed by atoms with E-state index in [1.807, 2.05) is 24.3 Å². The van der Waals surface area contributed by atoms with E-state index in [1.54, 1.807) is 0 Å². The van der Waals surface area contributed by atoms with Crippen molar-refractivity contribution in [1.29, 1.82) is 5.41 Å². The maximum atomic E-state index is 7.43. The lowest BCUT2D eigenvalue weighted by Crippen LogP contribution is -2.44. The quantitative estimate of drug-likeness (QED) is 0.659. The van der Waals surface area contributed by atoms with Crippen LogP contribution in [0.2, 0.25) is 0 Å². The van der Waals surface area contributed by atoms with Gasteiger partial charge >= 0.3 is 0 Å². The van der Waals surface area contributed by atoms with Crippen LogP contribution in [0.3, 0.4) is 0 Å². The van der Waals surface area contributed by atoms with Crippen LogP contribution in [0.5, 0.6) is 0 Å². The molecule has 0 saturated carbocycles. The van der Waals surface area contributed by atoms with Crippen LogP contribution in [0.25, 0.3) is 0 Å². The second-order valence-corrected chi connectivity index (χ2v) is 5.91. The number of piperidine rings is 1. The van der Waals surface area contributed by atoms with Crippen molar-refractivity contribution in [3.63, 3.8) is 0 Å². The second kappa shape index (κ2) is 5.48. The van der Waals surface area contributed by atoms with Crippen molar-refractivity contribution in [3.05, 3.63) is 35.4 Å². The third-order valence-corrected chi connectivity index (χ3v) is 4.58. The monoisotopic (exact) mass is 286 g/mol. The zero-order valence-corrected chi connectivity index (χ0v) is 12.4. The van der Waals surface area contributed by atoms with E-state index in [2.05, 4.69) is 17.0 Å². The smallest absolute Gasteiger partial charge is 0.145 e. The highest BCUT2D eigenvalue weighted by atomic mass is 16.7. The molecule has 1 aromatic rings. The molecule has 0 bridgehead atoms. The van der Waals surface area contributed by atoms with E-state index in [0.717, 1.165) is 55.7 Å². The summed E-state index contributed by atoms with van der Waals surface area (Å²) in [5.41, 5.74) is 8.20. The largest absolute Gasteiger partial charge is 0.388 e. The Morgan fingerprint density at radius 3 is 2.57 bits per heavy atom. The number of nitrogens with zero attached hydrogens (tertiary/aromatic N) is 2. The number of nitrogen functional groups attached to an aromatic ring is 1. The standard InChI is InChI=1S/C16H22N4O/c1-2-20-9-7-16(8-10-20)11-14(19-21-16)12-3-5-13(6-4-12)15(17)18/h3-6H,2,7-11H2,1H3,(H3,17,18). The highest BCUT2D eigenvalue weighted by molar-refractivity contribution is 6.03. The van der Waals surface area contributed by atoms with E-state index in [1.165, 1.54) is 0 Å². The van der Waals surface area contributed by atoms with Crippen molar-refractivity contribution < 1.29 is 4.84 Å². The molecule has 5 nitrogen and oxygen atoms in total. The lowest BCUT2D eigenvalue weighted by Gasteiger charge is -2.36. The summed E-state index contributed by atoms with van der Waals surface area (Å²) >= 11 is 0. The maximum Gasteiger partial charge on any atom is 0.145 e. The van der Waals surface area contributed by atoms with E-state index in [-0.39, 0.29) is 11.4 Å². The van der Waals surface area contributed by atoms with Crippen molar-refractivity contribution in [2.75, 3.05) is 19.6 Å². The molecule has 0 aromatic heterocycles. The lowest BCUT2D eigenvalue weighted by molar-refractivity contribution is -0.0606. The molecular weight excluding hydrogens is 264 g/mol. The Morgan fingerprint density at radius 1 is 1.33 bits per heavy atom. The Morgan fingerprint density at radius 2 is 2.00 bits per heavy atom. The van der Waals surface area contributed by atoms with Crippen molar-refractivity contribution in [1.82, 2.24) is 4.90 Å². The Hall–Kier alpha value is -1.88. The van der Waals surface area contributed by atoms with E-state index >= 15 is 0 Å². The first-order valence-electron chi connectivity index (χ1n) is 7.54. The summed E-state index contributed by atoms with van der Waals surface area (Å²) in [5.74, 6) is 0.0922. The highest BCUT2D eigenvalue weighted by Gasteiger charge is 2.41. The van der Waals surface area contributed by atoms with Crippen molar-refractivity contribution in [2.24, 2.45) is 10.9 Å². The minimum Gasteiger partial charge on any atom is -0.388 e. The van der Waals surface area contributed by atoms with Crippen molar-refractivity contribution >= 4 is 11.5 Å². The van der Waals surface area contributed by atoms with Crippen LogP contribution in [0.4, 0.5) is 0 Å². The number of nitrogens with two attached hydrogens (primary N) is 1. The first-order chi connectivity index (χ1) is 10.1. The molecule has 3 rings (SSSR count). The summed E-state index contributed by atoms with van der Waals surface area (Å²) in [6.07, 6.45) is 2.96. The summed E-state index contributed by atoms with van der Waals surface area (Å²) < 4.78 is 0. The summed E-state index contributed by atoms with van der Waals surface area (Å²) in [6, 6.07) is 7.67. The van der Waals surface area contributed by atoms with Crippen LogP contribution in [0, 0.1) is 5.41 Å². The Bertz CT molecular complexity index is 556. The fraction of sp³-hybridized carbons (Fsp3) is 0.500. The first-order valence-corrected chi connectivity index (χ1v) is 7.54. The summed E-state index contributed by atoms with van der Waals surface area (Å²) in [5, 5.41) is 11.7. The molecule has 112 valence electrons. The molecule has 3 N–H and O–H groups in total. The molecule has 1 aromatic carbocycles. The van der Waals surface area contributed by atoms with E-state index in [4.69, 9.17) is 16.0 Å². The number of amidine groups is 1. The Labute approximate surface area is 125 Å². The van der Waals surface area contributed by atoms with E-state index < -0.39 is 0 Å². The number of hydrogen-bond donors (Lipinski definition) is 2. The molecule has 0 aliphatic carbocycles. The molecule has 21 heavy (non-hydrogen) atoms. The van der Waals surface area contributed by atoms with Gasteiger partial charge in [0, 0.05) is 37.9 Å². The number of hydrogen-bond acceptors (Lipinski definition) is 4. The summed E-state index contributed by atoms with van der Waals surface area (Å²) in [6.45, 7) is 5.48. The third-order valence-electron chi connectivity index (χ3n) is 4.58. The summed E-state index contributed by atoms with van der Waals surface area (Å²) in [7, 11) is 0. The second-order valence-electron chi connectivity index (χ2n) is 5.91. The van der Waals surface area contributed by atoms with Crippen LogP contribution < -0.4 is 5.73 Å². The topological polar surface area (TPSA) is 74.7 Å².